The van der Waals surface area contributed by atoms with Crippen LogP contribution in [0.15, 0.2) is 12.1 Å². The van der Waals surface area contributed by atoms with Crippen molar-refractivity contribution >= 4 is 33.2 Å². The Kier molecular flexibility index (Phi) is 8.06. The number of nitrogens with two attached hydrogens (primary N) is 1. The number of unbranched alkanes of at least 4 members (excludes halogenated alkanes) is 2. The van der Waals surface area contributed by atoms with Crippen LogP contribution in [0.2, 0.25) is 0 Å². The summed E-state index contributed by atoms with van der Waals surface area (Å²) in [5, 5.41) is 1.01. The van der Waals surface area contributed by atoms with Crippen LogP contribution in [-0.4, -0.2) is 39.6 Å². The van der Waals surface area contributed by atoms with Gasteiger partial charge in [0.25, 0.3) is 0 Å². The van der Waals surface area contributed by atoms with Crippen molar-refractivity contribution in [2.75, 3.05) is 27.9 Å². The lowest BCUT2D eigenvalue weighted by Gasteiger charge is -2.08. The molecule has 6 nitrogen and oxygen atoms in total. The number of rotatable bonds is 11. The van der Waals surface area contributed by atoms with E-state index in [1.54, 1.807) is 14.2 Å². The van der Waals surface area contributed by atoms with Crippen molar-refractivity contribution in [1.82, 2.24) is 0 Å². The molecule has 1 aromatic carbocycles. The second kappa shape index (κ2) is 10.3. The third kappa shape index (κ3) is 5.20. The van der Waals surface area contributed by atoms with E-state index in [-0.39, 0.29) is 24.6 Å². The minimum absolute atomic E-state index is 0.0339. The smallest absolute Gasteiger partial charge is 0.305 e. The van der Waals surface area contributed by atoms with Crippen molar-refractivity contribution in [3.8, 4) is 11.5 Å². The Morgan fingerprint density at radius 2 is 1.70 bits per heavy atom. The van der Waals surface area contributed by atoms with E-state index in [1.165, 1.54) is 18.4 Å². The number of carbonyl (C=O) groups excluding carboxylic acids is 2. The molecule has 0 radical (unpaired) electrons. The number of hydrogen-bond donors (Lipinski definition) is 1. The second-order valence-electron chi connectivity index (χ2n) is 6.21. The number of Topliss-reactive ketones (excluding diaryl/α,β-unsaturated/α-hetero) is 1. The molecule has 148 valence electrons. The maximum absolute atomic E-state index is 12.8. The zero-order valence-corrected chi connectivity index (χ0v) is 16.9. The first-order valence-corrected chi connectivity index (χ1v) is 9.84. The van der Waals surface area contributed by atoms with E-state index in [0.29, 0.717) is 22.9 Å². The van der Waals surface area contributed by atoms with Gasteiger partial charge in [0.15, 0.2) is 17.3 Å². The molecule has 0 atom stereocenters. The second-order valence-corrected chi connectivity index (χ2v) is 7.26. The van der Waals surface area contributed by atoms with E-state index in [0.717, 1.165) is 41.3 Å². The number of benzene rings is 1. The van der Waals surface area contributed by atoms with Gasteiger partial charge in [-0.15, -0.1) is 11.3 Å². The van der Waals surface area contributed by atoms with Crippen molar-refractivity contribution in [1.29, 1.82) is 0 Å². The number of ketones is 1. The molecule has 0 saturated carbocycles. The molecular weight excluding hydrogens is 366 g/mol. The molecule has 2 aromatic rings. The number of hydrogen-bond acceptors (Lipinski definition) is 7. The van der Waals surface area contributed by atoms with Gasteiger partial charge in [0.1, 0.15) is 0 Å². The monoisotopic (exact) mass is 393 g/mol. The highest BCUT2D eigenvalue weighted by atomic mass is 32.1. The average Bonchev–Trinajstić information content (AvgIpc) is 3.05. The van der Waals surface area contributed by atoms with Crippen LogP contribution in [0, 0.1) is 0 Å². The summed E-state index contributed by atoms with van der Waals surface area (Å²) in [5.41, 5.74) is 6.60. The van der Waals surface area contributed by atoms with Gasteiger partial charge >= 0.3 is 5.97 Å². The molecule has 7 heteroatoms. The number of ether oxygens (including phenoxy) is 3. The third-order valence-corrected chi connectivity index (χ3v) is 5.70. The van der Waals surface area contributed by atoms with Crippen molar-refractivity contribution in [3.05, 3.63) is 22.6 Å². The summed E-state index contributed by atoms with van der Waals surface area (Å²) in [6, 6.07) is 3.83. The Morgan fingerprint density at radius 3 is 2.33 bits per heavy atom. The lowest BCUT2D eigenvalue weighted by molar-refractivity contribution is -0.140. The number of fused-ring (bicyclic) bond motifs is 1. The Balaban J connectivity index is 2.39. The van der Waals surface area contributed by atoms with Crippen LogP contribution in [0.3, 0.4) is 0 Å². The highest BCUT2D eigenvalue weighted by molar-refractivity contribution is 7.21. The molecule has 2 rings (SSSR count). The van der Waals surface area contributed by atoms with Gasteiger partial charge in [0, 0.05) is 22.6 Å². The van der Waals surface area contributed by atoms with Crippen molar-refractivity contribution in [3.63, 3.8) is 0 Å². The Morgan fingerprint density at radius 1 is 1.00 bits per heavy atom. The highest BCUT2D eigenvalue weighted by Gasteiger charge is 2.21. The van der Waals surface area contributed by atoms with E-state index >= 15 is 0 Å². The summed E-state index contributed by atoms with van der Waals surface area (Å²) >= 11 is 1.44. The first kappa shape index (κ1) is 21.2. The largest absolute Gasteiger partial charge is 0.493 e. The predicted molar refractivity (Wildman–Crippen MR) is 107 cm³/mol. The molecule has 2 N–H and O–H groups in total. The zero-order chi connectivity index (χ0) is 19.8. The molecule has 1 aromatic heterocycles. The maximum atomic E-state index is 12.8. The van der Waals surface area contributed by atoms with E-state index in [2.05, 4.69) is 4.74 Å². The minimum Gasteiger partial charge on any atom is -0.493 e. The summed E-state index contributed by atoms with van der Waals surface area (Å²) < 4.78 is 16.4. The van der Waals surface area contributed by atoms with Crippen LogP contribution in [-0.2, 0) is 16.0 Å². The van der Waals surface area contributed by atoms with Crippen LogP contribution in [0.1, 0.15) is 47.3 Å². The van der Waals surface area contributed by atoms with Gasteiger partial charge in [0.2, 0.25) is 0 Å². The SMILES string of the molecule is COC(=O)CCC(=O)c1sc2cc(OC)c(OC)cc2c1CCCCCN. The molecule has 0 aliphatic heterocycles. The lowest BCUT2D eigenvalue weighted by Crippen LogP contribution is -2.06. The fraction of sp³-hybridized carbons (Fsp3) is 0.500. The van der Waals surface area contributed by atoms with Gasteiger partial charge in [-0.2, -0.15) is 0 Å². The fourth-order valence-electron chi connectivity index (χ4n) is 3.00. The highest BCUT2D eigenvalue weighted by Crippen LogP contribution is 2.40. The first-order valence-electron chi connectivity index (χ1n) is 9.03. The Bertz CT molecular complexity index is 799. The van der Waals surface area contributed by atoms with Crippen LogP contribution < -0.4 is 15.2 Å². The number of methoxy groups -OCH3 is 3. The standard InChI is InChI=1S/C20H27NO5S/c1-24-16-11-14-13(7-5-4-6-10-21)20(15(22)8-9-19(23)26-3)27-18(14)12-17(16)25-2/h11-12H,4-10,21H2,1-3H3. The van der Waals surface area contributed by atoms with E-state index in [9.17, 15) is 9.59 Å². The maximum Gasteiger partial charge on any atom is 0.305 e. The van der Waals surface area contributed by atoms with Gasteiger partial charge in [-0.1, -0.05) is 6.42 Å². The van der Waals surface area contributed by atoms with Crippen LogP contribution >= 0.6 is 11.3 Å². The number of carbonyl (C=O) groups is 2. The summed E-state index contributed by atoms with van der Waals surface area (Å²) in [7, 11) is 4.51. The number of esters is 1. The summed E-state index contributed by atoms with van der Waals surface area (Å²) in [6.07, 6.45) is 3.94. The van der Waals surface area contributed by atoms with E-state index in [1.807, 2.05) is 12.1 Å². The first-order chi connectivity index (χ1) is 13.0. The number of thiophene rings is 1. The molecule has 0 saturated heterocycles. The Hall–Kier alpha value is -2.12. The normalized spacial score (nSPS) is 10.8. The molecule has 27 heavy (non-hydrogen) atoms. The summed E-state index contributed by atoms with van der Waals surface area (Å²) in [4.78, 5) is 24.9. The molecular formula is C20H27NO5S. The van der Waals surface area contributed by atoms with Crippen molar-refractivity contribution in [2.24, 2.45) is 5.73 Å². The molecule has 0 fully saturated rings. The molecule has 0 aliphatic carbocycles. The van der Waals surface area contributed by atoms with Gasteiger partial charge in [-0.05, 0) is 37.4 Å². The van der Waals surface area contributed by atoms with Gasteiger partial charge in [-0.3, -0.25) is 9.59 Å². The third-order valence-electron chi connectivity index (χ3n) is 4.46. The van der Waals surface area contributed by atoms with Gasteiger partial charge < -0.3 is 19.9 Å². The van der Waals surface area contributed by atoms with Gasteiger partial charge in [-0.25, -0.2) is 0 Å². The topological polar surface area (TPSA) is 87.9 Å². The molecule has 0 bridgehead atoms. The summed E-state index contributed by atoms with van der Waals surface area (Å²) in [6.45, 7) is 0.667. The number of aryl methyl sites for hydroxylation is 1. The van der Waals surface area contributed by atoms with Crippen molar-refractivity contribution in [2.45, 2.75) is 38.5 Å². The summed E-state index contributed by atoms with van der Waals surface area (Å²) in [5.74, 6) is 0.861. The minimum atomic E-state index is -0.378. The van der Waals surface area contributed by atoms with Gasteiger partial charge in [0.05, 0.1) is 32.6 Å². The lowest BCUT2D eigenvalue weighted by atomic mass is 10.0. The van der Waals surface area contributed by atoms with Crippen LogP contribution in [0.25, 0.3) is 10.1 Å². The Labute approximate surface area is 163 Å². The quantitative estimate of drug-likeness (QED) is 0.356. The molecule has 0 aliphatic rings. The fourth-order valence-corrected chi connectivity index (χ4v) is 4.23. The van der Waals surface area contributed by atoms with Crippen LogP contribution in [0.4, 0.5) is 0 Å². The molecule has 0 amide bonds. The average molecular weight is 394 g/mol. The molecule has 0 spiro atoms. The van der Waals surface area contributed by atoms with Crippen molar-refractivity contribution < 1.29 is 23.8 Å². The predicted octanol–water partition coefficient (Wildman–Crippen LogP) is 3.73. The molecule has 1 heterocycles. The van der Waals surface area contributed by atoms with Crippen LogP contribution in [0.5, 0.6) is 11.5 Å². The van der Waals surface area contributed by atoms with E-state index in [4.69, 9.17) is 15.2 Å². The van der Waals surface area contributed by atoms with E-state index < -0.39 is 0 Å². The molecule has 0 unspecified atom stereocenters. The zero-order valence-electron chi connectivity index (χ0n) is 16.1.